The van der Waals surface area contributed by atoms with Gasteiger partial charge in [-0.2, -0.15) is 13.2 Å². The van der Waals surface area contributed by atoms with Gasteiger partial charge in [-0.3, -0.25) is 9.52 Å². The van der Waals surface area contributed by atoms with Crippen molar-refractivity contribution < 1.29 is 45.8 Å². The Balaban J connectivity index is 1.58. The van der Waals surface area contributed by atoms with Gasteiger partial charge in [-0.25, -0.2) is 13.2 Å². The molecule has 11 nitrogen and oxygen atoms in total. The van der Waals surface area contributed by atoms with Crippen LogP contribution in [0.3, 0.4) is 0 Å². The van der Waals surface area contributed by atoms with Gasteiger partial charge in [-0.15, -0.1) is 11.3 Å². The number of likely N-dealkylation sites (N-methyl/N-ethyl adjacent to an activating group) is 1. The van der Waals surface area contributed by atoms with Crippen molar-refractivity contribution in [1.29, 1.82) is 0 Å². The van der Waals surface area contributed by atoms with Crippen LogP contribution in [0, 0.1) is 5.92 Å². The van der Waals surface area contributed by atoms with Crippen LogP contribution in [0.2, 0.25) is 0 Å². The lowest BCUT2D eigenvalue weighted by atomic mass is 10.0. The van der Waals surface area contributed by atoms with Crippen LogP contribution in [0.25, 0.3) is 0 Å². The average Bonchev–Trinajstić information content (AvgIpc) is 3.62. The number of aliphatic hydroxyl groups is 1. The maximum atomic E-state index is 14.3. The molecule has 50 heavy (non-hydrogen) atoms. The first kappa shape index (κ1) is 38.9. The number of hydrogen-bond donors (Lipinski definition) is 3. The Morgan fingerprint density at radius 2 is 1.82 bits per heavy atom. The number of thiophene rings is 1. The first-order valence-electron chi connectivity index (χ1n) is 16.2. The number of anilines is 2. The third kappa shape index (κ3) is 10.3. The van der Waals surface area contributed by atoms with E-state index in [-0.39, 0.29) is 58.6 Å². The quantitative estimate of drug-likeness (QED) is 0.239. The van der Waals surface area contributed by atoms with Crippen molar-refractivity contribution in [3.63, 3.8) is 0 Å². The Morgan fingerprint density at radius 3 is 2.46 bits per heavy atom. The topological polar surface area (TPSA) is 138 Å². The van der Waals surface area contributed by atoms with E-state index in [0.717, 1.165) is 29.9 Å². The molecule has 274 valence electrons. The number of hydrogen-bond acceptors (Lipinski definition) is 8. The van der Waals surface area contributed by atoms with Crippen LogP contribution in [0.4, 0.5) is 29.3 Å². The molecule has 0 aliphatic carbocycles. The Kier molecular flexibility index (Phi) is 13.2. The van der Waals surface area contributed by atoms with Crippen molar-refractivity contribution in [3.8, 4) is 5.75 Å². The summed E-state index contributed by atoms with van der Waals surface area (Å²) in [6, 6.07) is 10.5. The molecule has 3 aromatic rings. The highest BCUT2D eigenvalue weighted by Crippen LogP contribution is 2.31. The lowest BCUT2D eigenvalue weighted by Gasteiger charge is -2.35. The number of benzene rings is 2. The standard InChI is InChI=1S/C34H43F3N4O7S2/c1-22-19-41(23(2)21-42)32(43)28-18-27(39-50(45,46)31-9-7-17-49-31)14-15-29(28)48-24(3)8-5-6-16-47-30(22)20-40(4)33(44)38-26-12-10-25(11-13-26)34(35,36)37/h7,9-15,17-18,22-24,30,39,42H,5-6,8,16,19-21H2,1-4H3,(H,38,44)/t22-,23-,24+,30+/m0/s1. The Labute approximate surface area is 294 Å². The highest BCUT2D eigenvalue weighted by Gasteiger charge is 2.32. The molecule has 0 fully saturated rings. The summed E-state index contributed by atoms with van der Waals surface area (Å²) in [6.45, 7) is 5.60. The molecule has 0 saturated heterocycles. The normalized spacial score (nSPS) is 20.2. The predicted molar refractivity (Wildman–Crippen MR) is 185 cm³/mol. The molecule has 3 N–H and O–H groups in total. The average molecular weight is 741 g/mol. The number of fused-ring (bicyclic) bond motifs is 1. The van der Waals surface area contributed by atoms with E-state index in [1.165, 1.54) is 47.2 Å². The number of nitrogens with one attached hydrogen (secondary N) is 2. The molecule has 0 bridgehead atoms. The van der Waals surface area contributed by atoms with E-state index in [1.54, 1.807) is 24.4 Å². The smallest absolute Gasteiger partial charge is 0.416 e. The molecule has 1 aliphatic heterocycles. The molecule has 2 aromatic carbocycles. The molecule has 1 aliphatic rings. The summed E-state index contributed by atoms with van der Waals surface area (Å²) in [4.78, 5) is 30.2. The fraction of sp³-hybridized carbons (Fsp3) is 0.471. The molecule has 0 radical (unpaired) electrons. The second kappa shape index (κ2) is 16.9. The van der Waals surface area contributed by atoms with Crippen molar-refractivity contribution in [3.05, 3.63) is 71.1 Å². The molecule has 1 aromatic heterocycles. The molecule has 2 heterocycles. The summed E-state index contributed by atoms with van der Waals surface area (Å²) in [5.41, 5.74) is -0.371. The number of aliphatic hydroxyl groups excluding tert-OH is 1. The fourth-order valence-electron chi connectivity index (χ4n) is 5.38. The van der Waals surface area contributed by atoms with Crippen LogP contribution in [-0.2, 0) is 20.9 Å². The van der Waals surface area contributed by atoms with E-state index in [4.69, 9.17) is 9.47 Å². The van der Waals surface area contributed by atoms with Gasteiger partial charge < -0.3 is 29.7 Å². The van der Waals surface area contributed by atoms with Gasteiger partial charge in [0.15, 0.2) is 0 Å². The number of ether oxygens (including phenoxy) is 2. The van der Waals surface area contributed by atoms with E-state index in [1.807, 2.05) is 13.8 Å². The zero-order chi connectivity index (χ0) is 36.6. The third-order valence-corrected chi connectivity index (χ3v) is 11.1. The minimum Gasteiger partial charge on any atom is -0.490 e. The summed E-state index contributed by atoms with van der Waals surface area (Å²) < 4.78 is 80.0. The molecule has 3 amide bonds. The van der Waals surface area contributed by atoms with Gasteiger partial charge in [-0.1, -0.05) is 13.0 Å². The second-order valence-electron chi connectivity index (χ2n) is 12.4. The van der Waals surface area contributed by atoms with E-state index in [9.17, 15) is 36.3 Å². The summed E-state index contributed by atoms with van der Waals surface area (Å²) >= 11 is 1.06. The largest absolute Gasteiger partial charge is 0.490 e. The van der Waals surface area contributed by atoms with Crippen LogP contribution in [0.15, 0.2) is 64.2 Å². The number of carbonyl (C=O) groups excluding carboxylic acids is 2. The summed E-state index contributed by atoms with van der Waals surface area (Å²) in [5.74, 6) is -0.600. The summed E-state index contributed by atoms with van der Waals surface area (Å²) in [6.07, 6.45) is -3.31. The lowest BCUT2D eigenvalue weighted by Crippen LogP contribution is -2.48. The van der Waals surface area contributed by atoms with Gasteiger partial charge in [0, 0.05) is 44.0 Å². The van der Waals surface area contributed by atoms with Gasteiger partial charge in [0.1, 0.15) is 9.96 Å². The van der Waals surface area contributed by atoms with Crippen molar-refractivity contribution >= 4 is 44.7 Å². The molecular weight excluding hydrogens is 698 g/mol. The molecule has 4 rings (SSSR count). The maximum absolute atomic E-state index is 14.3. The molecule has 4 atom stereocenters. The maximum Gasteiger partial charge on any atom is 0.416 e. The zero-order valence-corrected chi connectivity index (χ0v) is 29.9. The fourth-order valence-corrected chi connectivity index (χ4v) is 7.43. The van der Waals surface area contributed by atoms with E-state index in [0.29, 0.717) is 19.4 Å². The Hall–Kier alpha value is -3.86. The van der Waals surface area contributed by atoms with Gasteiger partial charge in [0.25, 0.3) is 15.9 Å². The van der Waals surface area contributed by atoms with Gasteiger partial charge >= 0.3 is 12.2 Å². The minimum absolute atomic E-state index is 0.0912. The van der Waals surface area contributed by atoms with Crippen LogP contribution in [-0.4, -0.2) is 86.9 Å². The van der Waals surface area contributed by atoms with Crippen LogP contribution in [0.1, 0.15) is 56.0 Å². The predicted octanol–water partition coefficient (Wildman–Crippen LogP) is 6.53. The van der Waals surface area contributed by atoms with Crippen LogP contribution in [0.5, 0.6) is 5.75 Å². The number of rotatable bonds is 8. The molecular formula is C34H43F3N4O7S2. The van der Waals surface area contributed by atoms with Gasteiger partial charge in [0.05, 0.1) is 36.0 Å². The number of sulfonamides is 1. The highest BCUT2D eigenvalue weighted by molar-refractivity contribution is 7.94. The number of carbonyl (C=O) groups is 2. The number of urea groups is 1. The highest BCUT2D eigenvalue weighted by atomic mass is 32.2. The zero-order valence-electron chi connectivity index (χ0n) is 28.3. The number of halogens is 3. The van der Waals surface area contributed by atoms with E-state index in [2.05, 4.69) is 10.0 Å². The Morgan fingerprint density at radius 1 is 1.12 bits per heavy atom. The molecule has 0 spiro atoms. The SMILES string of the molecule is C[C@@H]1CCCCO[C@H](CN(C)C(=O)Nc2ccc(C(F)(F)F)cc2)[C@@H](C)CN([C@@H](C)CO)C(=O)c2cc(NS(=O)(=O)c3cccs3)ccc2O1. The number of alkyl halides is 3. The molecule has 0 saturated carbocycles. The number of nitrogens with zero attached hydrogens (tertiary/aromatic N) is 2. The summed E-state index contributed by atoms with van der Waals surface area (Å²) in [7, 11) is -2.37. The van der Waals surface area contributed by atoms with Gasteiger partial charge in [0.2, 0.25) is 0 Å². The first-order valence-corrected chi connectivity index (χ1v) is 18.5. The third-order valence-electron chi connectivity index (χ3n) is 8.33. The van der Waals surface area contributed by atoms with E-state index < -0.39 is 45.8 Å². The molecule has 16 heteroatoms. The van der Waals surface area contributed by atoms with E-state index >= 15 is 0 Å². The van der Waals surface area contributed by atoms with Crippen LogP contribution >= 0.6 is 11.3 Å². The Bertz CT molecular complexity index is 1690. The van der Waals surface area contributed by atoms with Crippen LogP contribution < -0.4 is 14.8 Å². The van der Waals surface area contributed by atoms with Crippen molar-refractivity contribution in [2.24, 2.45) is 5.92 Å². The lowest BCUT2D eigenvalue weighted by molar-refractivity contribution is -0.137. The summed E-state index contributed by atoms with van der Waals surface area (Å²) in [5, 5.41) is 14.4. The number of amides is 3. The van der Waals surface area contributed by atoms with Gasteiger partial charge in [-0.05, 0) is 87.0 Å². The minimum atomic E-state index is -4.50. The second-order valence-corrected chi connectivity index (χ2v) is 15.3. The van der Waals surface area contributed by atoms with Crippen molar-refractivity contribution in [1.82, 2.24) is 9.80 Å². The molecule has 0 unspecified atom stereocenters. The van der Waals surface area contributed by atoms with Crippen molar-refractivity contribution in [2.75, 3.05) is 43.4 Å². The van der Waals surface area contributed by atoms with Crippen molar-refractivity contribution in [2.45, 2.75) is 68.7 Å². The monoisotopic (exact) mass is 740 g/mol. The first-order chi connectivity index (χ1) is 23.6.